The van der Waals surface area contributed by atoms with Crippen LogP contribution < -0.4 is 10.6 Å². The van der Waals surface area contributed by atoms with E-state index in [2.05, 4.69) is 10.6 Å². The summed E-state index contributed by atoms with van der Waals surface area (Å²) < 4.78 is 5.14. The molecule has 0 aliphatic heterocycles. The zero-order valence-corrected chi connectivity index (χ0v) is 11.6. The predicted octanol–water partition coefficient (Wildman–Crippen LogP) is 2.07. The van der Waals surface area contributed by atoms with Gasteiger partial charge in [-0.15, -0.1) is 0 Å². The molecule has 0 radical (unpaired) electrons. The maximum absolute atomic E-state index is 12.1. The average Bonchev–Trinajstić information content (AvgIpc) is 2.98. The molecule has 21 heavy (non-hydrogen) atoms. The van der Waals surface area contributed by atoms with Crippen molar-refractivity contribution < 1.29 is 14.0 Å². The van der Waals surface area contributed by atoms with Crippen molar-refractivity contribution in [2.75, 3.05) is 0 Å². The Bertz CT molecular complexity index is 631. The Labute approximate surface area is 122 Å². The molecule has 2 N–H and O–H groups in total. The molecular weight excluding hydrogens is 268 g/mol. The van der Waals surface area contributed by atoms with Gasteiger partial charge in [0.2, 0.25) is 5.91 Å². The lowest BCUT2D eigenvalue weighted by Crippen LogP contribution is -2.33. The highest BCUT2D eigenvalue weighted by atomic mass is 16.3. The van der Waals surface area contributed by atoms with Gasteiger partial charge in [-0.1, -0.05) is 30.3 Å². The van der Waals surface area contributed by atoms with Crippen LogP contribution in [-0.4, -0.2) is 11.8 Å². The molecule has 0 fully saturated rings. The van der Waals surface area contributed by atoms with Gasteiger partial charge in [-0.05, 0) is 23.8 Å². The Morgan fingerprint density at radius 1 is 1.14 bits per heavy atom. The highest BCUT2D eigenvalue weighted by molar-refractivity contribution is 6.00. The SMILES string of the molecule is CC(=O)N/C(=C/c1ccccc1)C(=O)NCc1ccco1. The predicted molar refractivity (Wildman–Crippen MR) is 78.8 cm³/mol. The monoisotopic (exact) mass is 284 g/mol. The van der Waals surface area contributed by atoms with Crippen LogP contribution in [0.15, 0.2) is 58.8 Å². The van der Waals surface area contributed by atoms with Crippen LogP contribution >= 0.6 is 0 Å². The van der Waals surface area contributed by atoms with E-state index in [0.29, 0.717) is 5.76 Å². The fourth-order valence-corrected chi connectivity index (χ4v) is 1.74. The van der Waals surface area contributed by atoms with Gasteiger partial charge in [0.1, 0.15) is 11.5 Å². The molecule has 1 aromatic carbocycles. The van der Waals surface area contributed by atoms with E-state index in [-0.39, 0.29) is 24.1 Å². The molecule has 0 aliphatic carbocycles. The molecule has 108 valence electrons. The highest BCUT2D eigenvalue weighted by Crippen LogP contribution is 2.06. The molecule has 1 heterocycles. The fraction of sp³-hybridized carbons (Fsp3) is 0.125. The van der Waals surface area contributed by atoms with E-state index in [4.69, 9.17) is 4.42 Å². The van der Waals surface area contributed by atoms with Gasteiger partial charge in [-0.3, -0.25) is 9.59 Å². The number of hydrogen-bond acceptors (Lipinski definition) is 3. The molecule has 2 amide bonds. The number of amides is 2. The maximum atomic E-state index is 12.1. The normalized spacial score (nSPS) is 11.0. The number of rotatable bonds is 5. The van der Waals surface area contributed by atoms with Crippen LogP contribution in [-0.2, 0) is 16.1 Å². The van der Waals surface area contributed by atoms with Crippen LogP contribution in [0.1, 0.15) is 18.2 Å². The van der Waals surface area contributed by atoms with Crippen molar-refractivity contribution in [3.8, 4) is 0 Å². The molecule has 0 spiro atoms. The minimum atomic E-state index is -0.370. The van der Waals surface area contributed by atoms with Crippen molar-refractivity contribution in [1.82, 2.24) is 10.6 Å². The van der Waals surface area contributed by atoms with E-state index in [9.17, 15) is 9.59 Å². The Kier molecular flexibility index (Phi) is 4.93. The quantitative estimate of drug-likeness (QED) is 0.826. The fourth-order valence-electron chi connectivity index (χ4n) is 1.74. The van der Waals surface area contributed by atoms with E-state index < -0.39 is 0 Å². The smallest absolute Gasteiger partial charge is 0.268 e. The summed E-state index contributed by atoms with van der Waals surface area (Å²) in [6.45, 7) is 1.62. The van der Waals surface area contributed by atoms with Crippen LogP contribution in [0.3, 0.4) is 0 Å². The third-order valence-electron chi connectivity index (χ3n) is 2.67. The van der Waals surface area contributed by atoms with E-state index in [1.165, 1.54) is 13.2 Å². The Balaban J connectivity index is 2.09. The van der Waals surface area contributed by atoms with Gasteiger partial charge in [-0.2, -0.15) is 0 Å². The molecule has 0 unspecified atom stereocenters. The molecule has 0 atom stereocenters. The van der Waals surface area contributed by atoms with E-state index >= 15 is 0 Å². The molecule has 0 aliphatic rings. The first-order valence-electron chi connectivity index (χ1n) is 6.50. The second kappa shape index (κ2) is 7.09. The summed E-state index contributed by atoms with van der Waals surface area (Å²) in [5, 5.41) is 5.23. The Morgan fingerprint density at radius 2 is 1.90 bits per heavy atom. The molecular formula is C16H16N2O3. The Hall–Kier alpha value is -2.82. The lowest BCUT2D eigenvalue weighted by atomic mass is 10.2. The number of nitrogens with one attached hydrogen (secondary N) is 2. The number of furan rings is 1. The molecule has 5 nitrogen and oxygen atoms in total. The summed E-state index contributed by atoms with van der Waals surface area (Å²) in [4.78, 5) is 23.4. The van der Waals surface area contributed by atoms with Gasteiger partial charge in [0.25, 0.3) is 5.91 Å². The van der Waals surface area contributed by atoms with Crippen molar-refractivity contribution in [2.24, 2.45) is 0 Å². The molecule has 0 saturated heterocycles. The summed E-state index contributed by atoms with van der Waals surface area (Å²) in [6, 6.07) is 12.8. The third kappa shape index (κ3) is 4.65. The molecule has 2 rings (SSSR count). The van der Waals surface area contributed by atoms with Crippen LogP contribution in [0.4, 0.5) is 0 Å². The zero-order chi connectivity index (χ0) is 15.1. The van der Waals surface area contributed by atoms with E-state index in [1.807, 2.05) is 30.3 Å². The third-order valence-corrected chi connectivity index (χ3v) is 2.67. The first-order valence-corrected chi connectivity index (χ1v) is 6.50. The van der Waals surface area contributed by atoms with Crippen LogP contribution in [0.2, 0.25) is 0 Å². The molecule has 0 bridgehead atoms. The second-order valence-corrected chi connectivity index (χ2v) is 4.41. The van der Waals surface area contributed by atoms with Gasteiger partial charge < -0.3 is 15.1 Å². The van der Waals surface area contributed by atoms with Crippen molar-refractivity contribution in [3.05, 3.63) is 65.7 Å². The van der Waals surface area contributed by atoms with Crippen molar-refractivity contribution in [1.29, 1.82) is 0 Å². The van der Waals surface area contributed by atoms with Gasteiger partial charge in [0.15, 0.2) is 0 Å². The van der Waals surface area contributed by atoms with E-state index in [1.54, 1.807) is 18.2 Å². The summed E-state index contributed by atoms with van der Waals surface area (Å²) in [6.07, 6.45) is 3.16. The largest absolute Gasteiger partial charge is 0.467 e. The summed E-state index contributed by atoms with van der Waals surface area (Å²) in [5.74, 6) is -0.0268. The van der Waals surface area contributed by atoms with Gasteiger partial charge >= 0.3 is 0 Å². The average molecular weight is 284 g/mol. The lowest BCUT2D eigenvalue weighted by molar-refractivity contribution is -0.122. The lowest BCUT2D eigenvalue weighted by Gasteiger charge is -2.08. The highest BCUT2D eigenvalue weighted by Gasteiger charge is 2.11. The number of benzene rings is 1. The summed E-state index contributed by atoms with van der Waals surface area (Å²) >= 11 is 0. The second-order valence-electron chi connectivity index (χ2n) is 4.41. The summed E-state index contributed by atoms with van der Waals surface area (Å²) in [7, 11) is 0. The number of hydrogen-bond donors (Lipinski definition) is 2. The van der Waals surface area contributed by atoms with Crippen molar-refractivity contribution >= 4 is 17.9 Å². The number of carbonyl (C=O) groups is 2. The number of carbonyl (C=O) groups excluding carboxylic acids is 2. The van der Waals surface area contributed by atoms with Gasteiger partial charge in [0, 0.05) is 6.92 Å². The zero-order valence-electron chi connectivity index (χ0n) is 11.6. The first-order chi connectivity index (χ1) is 10.1. The van der Waals surface area contributed by atoms with Gasteiger partial charge in [0.05, 0.1) is 12.8 Å². The van der Waals surface area contributed by atoms with Crippen molar-refractivity contribution in [3.63, 3.8) is 0 Å². The molecule has 1 aromatic heterocycles. The molecule has 5 heteroatoms. The summed E-state index contributed by atoms with van der Waals surface area (Å²) in [5.41, 5.74) is 1.02. The first kappa shape index (κ1) is 14.6. The van der Waals surface area contributed by atoms with Crippen molar-refractivity contribution in [2.45, 2.75) is 13.5 Å². The van der Waals surface area contributed by atoms with Crippen LogP contribution in [0.5, 0.6) is 0 Å². The maximum Gasteiger partial charge on any atom is 0.268 e. The topological polar surface area (TPSA) is 71.3 Å². The Morgan fingerprint density at radius 3 is 2.52 bits per heavy atom. The minimum absolute atomic E-state index is 0.195. The standard InChI is InChI=1S/C16H16N2O3/c1-12(19)18-15(10-13-6-3-2-4-7-13)16(20)17-11-14-8-5-9-21-14/h2-10H,11H2,1H3,(H,17,20)(H,18,19)/b15-10+. The van der Waals surface area contributed by atoms with Gasteiger partial charge in [-0.25, -0.2) is 0 Å². The van der Waals surface area contributed by atoms with Crippen LogP contribution in [0.25, 0.3) is 6.08 Å². The molecule has 0 saturated carbocycles. The molecule has 2 aromatic rings. The van der Waals surface area contributed by atoms with E-state index in [0.717, 1.165) is 5.56 Å². The minimum Gasteiger partial charge on any atom is -0.467 e. The van der Waals surface area contributed by atoms with Crippen LogP contribution in [0, 0.1) is 0 Å².